The van der Waals surface area contributed by atoms with Crippen molar-refractivity contribution in [2.75, 3.05) is 13.2 Å². The van der Waals surface area contributed by atoms with Gasteiger partial charge in [0.25, 0.3) is 0 Å². The van der Waals surface area contributed by atoms with Crippen LogP contribution in [0.3, 0.4) is 0 Å². The summed E-state index contributed by atoms with van der Waals surface area (Å²) >= 11 is 6.48. The predicted octanol–water partition coefficient (Wildman–Crippen LogP) is 6.00. The van der Waals surface area contributed by atoms with Gasteiger partial charge in [-0.25, -0.2) is 13.8 Å². The topological polar surface area (TPSA) is 98.1 Å². The number of halogens is 3. The van der Waals surface area contributed by atoms with E-state index in [1.54, 1.807) is 24.4 Å². The van der Waals surface area contributed by atoms with Gasteiger partial charge in [0, 0.05) is 40.9 Å². The van der Waals surface area contributed by atoms with Crippen LogP contribution in [-0.4, -0.2) is 45.6 Å². The lowest BCUT2D eigenvalue weighted by Crippen LogP contribution is -2.48. The van der Waals surface area contributed by atoms with E-state index in [4.69, 9.17) is 25.8 Å². The maximum Gasteiger partial charge on any atom is 0.310 e. The molecule has 6 rings (SSSR count). The zero-order valence-corrected chi connectivity index (χ0v) is 25.0. The van der Waals surface area contributed by atoms with Crippen molar-refractivity contribution in [3.63, 3.8) is 0 Å². The second kappa shape index (κ2) is 11.0. The van der Waals surface area contributed by atoms with Gasteiger partial charge in [0.1, 0.15) is 29.6 Å². The van der Waals surface area contributed by atoms with Crippen LogP contribution in [0.4, 0.5) is 8.78 Å². The first-order chi connectivity index (χ1) is 20.3. The number of hydrogen-bond donors (Lipinski definition) is 2. The third kappa shape index (κ3) is 6.08. The zero-order chi connectivity index (χ0) is 30.7. The van der Waals surface area contributed by atoms with Crippen LogP contribution in [0, 0.1) is 29.4 Å². The third-order valence-electron chi connectivity index (χ3n) is 8.52. The number of carbonyl (C=O) groups excluding carboxylic acids is 1. The number of hydrogen-bond acceptors (Lipinski definition) is 7. The van der Waals surface area contributed by atoms with E-state index in [0.29, 0.717) is 36.6 Å². The molecule has 0 amide bonds. The van der Waals surface area contributed by atoms with Crippen molar-refractivity contribution in [3.8, 4) is 22.8 Å². The van der Waals surface area contributed by atoms with E-state index in [9.17, 15) is 23.8 Å². The van der Waals surface area contributed by atoms with E-state index in [1.165, 1.54) is 6.07 Å². The lowest BCUT2D eigenvalue weighted by molar-refractivity contribution is -0.157. The van der Waals surface area contributed by atoms with Gasteiger partial charge in [-0.2, -0.15) is 0 Å². The molecule has 2 N–H and O–H groups in total. The molecule has 3 atom stereocenters. The van der Waals surface area contributed by atoms with E-state index in [1.807, 2.05) is 26.8 Å². The van der Waals surface area contributed by atoms with Gasteiger partial charge in [0.05, 0.1) is 29.8 Å². The van der Waals surface area contributed by atoms with Crippen molar-refractivity contribution < 1.29 is 38.0 Å². The predicted molar refractivity (Wildman–Crippen MR) is 155 cm³/mol. The van der Waals surface area contributed by atoms with Crippen molar-refractivity contribution in [2.45, 2.75) is 63.8 Å². The molecule has 2 saturated carbocycles. The summed E-state index contributed by atoms with van der Waals surface area (Å²) < 4.78 is 46.8. The summed E-state index contributed by atoms with van der Waals surface area (Å²) in [5, 5.41) is 19.4. The number of aliphatic hydroxyl groups is 2. The van der Waals surface area contributed by atoms with Crippen LogP contribution in [0.2, 0.25) is 5.02 Å². The summed E-state index contributed by atoms with van der Waals surface area (Å²) in [5.41, 5.74) is 1.16. The lowest BCUT2D eigenvalue weighted by Gasteiger charge is -2.42. The zero-order valence-electron chi connectivity index (χ0n) is 24.2. The van der Waals surface area contributed by atoms with Gasteiger partial charge in [-0.1, -0.05) is 11.6 Å². The quantitative estimate of drug-likeness (QED) is 0.286. The maximum atomic E-state index is 14.9. The van der Waals surface area contributed by atoms with Gasteiger partial charge < -0.3 is 24.4 Å². The largest absolute Gasteiger partial charge is 0.493 e. The molecule has 3 aliphatic rings. The number of pyridine rings is 1. The summed E-state index contributed by atoms with van der Waals surface area (Å²) in [7, 11) is 0. The fraction of sp³-hybridized carbons (Fsp3) is 0.455. The Balaban J connectivity index is 1.10. The molecule has 0 aliphatic heterocycles. The van der Waals surface area contributed by atoms with Crippen LogP contribution in [-0.2, 0) is 22.6 Å². The number of carbonyl (C=O) groups is 1. The van der Waals surface area contributed by atoms with Crippen molar-refractivity contribution >= 4 is 17.6 Å². The van der Waals surface area contributed by atoms with Crippen molar-refractivity contribution in [1.82, 2.24) is 4.98 Å². The first-order valence-electron chi connectivity index (χ1n) is 14.4. The van der Waals surface area contributed by atoms with Crippen molar-refractivity contribution in [3.05, 3.63) is 75.9 Å². The lowest BCUT2D eigenvalue weighted by atomic mass is 9.72. The summed E-state index contributed by atoms with van der Waals surface area (Å²) in [6, 6.07) is 8.85. The molecule has 3 aromatic rings. The second-order valence-electron chi connectivity index (χ2n) is 13.0. The number of esters is 1. The number of nitrogens with zero attached hydrogens (tertiary/aromatic N) is 1. The highest BCUT2D eigenvalue weighted by Gasteiger charge is 2.61. The minimum atomic E-state index is -1.03. The Bertz CT molecular complexity index is 1570. The number of ether oxygens (including phenoxy) is 3. The molecular formula is C33H34ClF2NO6. The molecule has 7 nitrogen and oxygen atoms in total. The van der Waals surface area contributed by atoms with E-state index in [0.717, 1.165) is 23.6 Å². The molecule has 0 bridgehead atoms. The normalized spacial score (nSPS) is 25.4. The van der Waals surface area contributed by atoms with Crippen LogP contribution in [0.25, 0.3) is 11.1 Å². The van der Waals surface area contributed by atoms with Crippen LogP contribution in [0.15, 0.2) is 42.6 Å². The Kier molecular flexibility index (Phi) is 7.63. The Labute approximate surface area is 253 Å². The summed E-state index contributed by atoms with van der Waals surface area (Å²) in [4.78, 5) is 16.9. The van der Waals surface area contributed by atoms with Crippen LogP contribution >= 0.6 is 11.6 Å². The first kappa shape index (κ1) is 29.8. The van der Waals surface area contributed by atoms with Gasteiger partial charge >= 0.3 is 5.97 Å². The number of rotatable bonds is 9. The Morgan fingerprint density at radius 2 is 1.86 bits per heavy atom. The second-order valence-corrected chi connectivity index (χ2v) is 13.4. The van der Waals surface area contributed by atoms with Gasteiger partial charge in [-0.3, -0.25) is 4.79 Å². The van der Waals surface area contributed by atoms with Crippen molar-refractivity contribution in [1.29, 1.82) is 0 Å². The minimum absolute atomic E-state index is 0.106. The molecule has 0 spiro atoms. The molecule has 2 fully saturated rings. The van der Waals surface area contributed by atoms with E-state index in [2.05, 4.69) is 4.98 Å². The molecular weight excluding hydrogens is 580 g/mol. The SMILES string of the molecule is CC(C)(C)OC(=O)C1C2Cc3cc(OCc4cc(-c5ccc(OCC6CC(O)(CO)C6)cc5Cl)c(F)cc4F)ncc3C21. The fourth-order valence-electron chi connectivity index (χ4n) is 6.38. The van der Waals surface area contributed by atoms with Crippen molar-refractivity contribution in [2.24, 2.45) is 17.8 Å². The highest BCUT2D eigenvalue weighted by molar-refractivity contribution is 6.33. The summed E-state index contributed by atoms with van der Waals surface area (Å²) in [5.74, 6) is -0.598. The van der Waals surface area contributed by atoms with E-state index in [-0.39, 0.29) is 59.0 Å². The van der Waals surface area contributed by atoms with Gasteiger partial charge in [-0.05, 0) is 87.3 Å². The van der Waals surface area contributed by atoms with E-state index >= 15 is 0 Å². The highest BCUT2D eigenvalue weighted by Crippen LogP contribution is 2.62. The van der Waals surface area contributed by atoms with E-state index < -0.39 is 22.8 Å². The van der Waals surface area contributed by atoms with Gasteiger partial charge in [0.2, 0.25) is 5.88 Å². The standard InChI is InChI=1S/C33H34ClF2NO6/c1-32(2,3)43-31(39)30-23-6-18-8-28(37-13-24(18)29(23)30)42-15-19-7-22(27(36)10-26(19)35)21-5-4-20(9-25(21)34)41-14-17-11-33(40,12-17)16-38/h4-5,7-10,13,17,23,29-30,38,40H,6,11-12,14-16H2,1-3H3. The van der Waals surface area contributed by atoms with Crippen LogP contribution in [0.1, 0.15) is 56.2 Å². The molecule has 0 radical (unpaired) electrons. The molecule has 1 aromatic heterocycles. The minimum Gasteiger partial charge on any atom is -0.493 e. The highest BCUT2D eigenvalue weighted by atomic mass is 35.5. The van der Waals surface area contributed by atoms with Crippen LogP contribution < -0.4 is 9.47 Å². The third-order valence-corrected chi connectivity index (χ3v) is 8.83. The van der Waals surface area contributed by atoms with Gasteiger partial charge in [-0.15, -0.1) is 0 Å². The molecule has 228 valence electrons. The molecule has 43 heavy (non-hydrogen) atoms. The monoisotopic (exact) mass is 613 g/mol. The Hall–Kier alpha value is -3.27. The average molecular weight is 614 g/mol. The first-order valence-corrected chi connectivity index (χ1v) is 14.8. The number of aliphatic hydroxyl groups excluding tert-OH is 1. The molecule has 3 aliphatic carbocycles. The summed E-state index contributed by atoms with van der Waals surface area (Å²) in [6.45, 7) is 5.48. The maximum absolute atomic E-state index is 14.9. The number of fused-ring (bicyclic) bond motifs is 3. The molecule has 2 aromatic carbocycles. The number of aromatic nitrogens is 1. The van der Waals surface area contributed by atoms with Gasteiger partial charge in [0.15, 0.2) is 0 Å². The molecule has 0 saturated heterocycles. The number of benzene rings is 2. The molecule has 10 heteroatoms. The Morgan fingerprint density at radius 1 is 1.09 bits per heavy atom. The Morgan fingerprint density at radius 3 is 2.56 bits per heavy atom. The average Bonchev–Trinajstić information content (AvgIpc) is 3.51. The van der Waals surface area contributed by atoms with Crippen LogP contribution in [0.5, 0.6) is 11.6 Å². The molecule has 3 unspecified atom stereocenters. The fourth-order valence-corrected chi connectivity index (χ4v) is 6.65. The smallest absolute Gasteiger partial charge is 0.310 e. The molecule has 1 heterocycles. The summed E-state index contributed by atoms with van der Waals surface area (Å²) in [6.07, 6.45) is 3.35.